The molecule has 0 spiro atoms. The fourth-order valence-corrected chi connectivity index (χ4v) is 5.72. The summed E-state index contributed by atoms with van der Waals surface area (Å²) in [6.07, 6.45) is 0. The second-order valence-corrected chi connectivity index (χ2v) is 10.0. The van der Waals surface area contributed by atoms with E-state index in [2.05, 4.69) is 10.2 Å². The van der Waals surface area contributed by atoms with Crippen molar-refractivity contribution in [1.29, 1.82) is 0 Å². The molecule has 1 aliphatic rings. The smallest absolute Gasteiger partial charge is 0.246 e. The van der Waals surface area contributed by atoms with Crippen molar-refractivity contribution in [3.05, 3.63) is 42.5 Å². The summed E-state index contributed by atoms with van der Waals surface area (Å²) in [5.41, 5.74) is 1.40. The van der Waals surface area contributed by atoms with Crippen LogP contribution in [-0.4, -0.2) is 84.6 Å². The zero-order valence-corrected chi connectivity index (χ0v) is 22.2. The molecule has 2 aromatic carbocycles. The lowest BCUT2D eigenvalue weighted by Gasteiger charge is -2.34. The average molecular weight is 531 g/mol. The largest absolute Gasteiger partial charge is 0.497 e. The Labute approximate surface area is 216 Å². The van der Waals surface area contributed by atoms with Gasteiger partial charge in [0.25, 0.3) is 0 Å². The molecule has 12 heteroatoms. The number of nitrogens with zero attached hydrogens (tertiary/aromatic N) is 4. The van der Waals surface area contributed by atoms with Gasteiger partial charge in [-0.25, -0.2) is 8.42 Å². The van der Waals surface area contributed by atoms with E-state index in [0.717, 1.165) is 5.56 Å². The highest BCUT2D eigenvalue weighted by atomic mass is 32.2. The molecule has 1 aliphatic heterocycles. The Kier molecular flexibility index (Phi) is 7.89. The van der Waals surface area contributed by atoms with Crippen molar-refractivity contribution in [3.63, 3.8) is 0 Å². The van der Waals surface area contributed by atoms with Crippen molar-refractivity contribution in [2.24, 2.45) is 0 Å². The Morgan fingerprint density at radius 2 is 1.35 bits per heavy atom. The van der Waals surface area contributed by atoms with E-state index in [4.69, 9.17) is 23.7 Å². The number of piperazine rings is 1. The molecule has 1 saturated heterocycles. The lowest BCUT2D eigenvalue weighted by atomic mass is 10.1. The van der Waals surface area contributed by atoms with Crippen molar-refractivity contribution in [2.75, 3.05) is 66.6 Å². The first kappa shape index (κ1) is 26.3. The zero-order valence-electron chi connectivity index (χ0n) is 21.4. The molecule has 0 saturated carbocycles. The first-order valence-electron chi connectivity index (χ1n) is 11.5. The van der Waals surface area contributed by atoms with Gasteiger partial charge < -0.3 is 28.6 Å². The standard InChI is InChI=1S/C25H30N4O7S/c1-32-18-6-8-23(20(16-18)33-2)37(30,31)29-12-10-28(11-13-29)24-9-7-19(26-27-24)17-14-21(34-3)25(36-5)22(15-17)35-4/h6-9,14-16H,10-13H2,1-5H3. The molecule has 2 heterocycles. The minimum absolute atomic E-state index is 0.110. The summed E-state index contributed by atoms with van der Waals surface area (Å²) in [4.78, 5) is 2.11. The third kappa shape index (κ3) is 5.20. The monoisotopic (exact) mass is 530 g/mol. The van der Waals surface area contributed by atoms with Crippen LogP contribution in [0.15, 0.2) is 47.4 Å². The number of ether oxygens (including phenoxy) is 5. The number of sulfonamides is 1. The molecule has 4 rings (SSSR count). The number of methoxy groups -OCH3 is 5. The van der Waals surface area contributed by atoms with Crippen LogP contribution in [0.4, 0.5) is 5.82 Å². The van der Waals surface area contributed by atoms with Gasteiger partial charge in [0.1, 0.15) is 16.4 Å². The Morgan fingerprint density at radius 1 is 0.703 bits per heavy atom. The first-order chi connectivity index (χ1) is 17.9. The van der Waals surface area contributed by atoms with Crippen molar-refractivity contribution in [3.8, 4) is 40.0 Å². The van der Waals surface area contributed by atoms with Gasteiger partial charge in [0.15, 0.2) is 17.3 Å². The van der Waals surface area contributed by atoms with Crippen molar-refractivity contribution in [2.45, 2.75) is 4.90 Å². The molecule has 1 aromatic heterocycles. The molecule has 1 fully saturated rings. The predicted molar refractivity (Wildman–Crippen MR) is 138 cm³/mol. The van der Waals surface area contributed by atoms with Crippen LogP contribution < -0.4 is 28.6 Å². The highest BCUT2D eigenvalue weighted by Gasteiger charge is 2.31. The molecular weight excluding hydrogens is 500 g/mol. The number of aromatic nitrogens is 2. The third-order valence-corrected chi connectivity index (χ3v) is 8.10. The molecule has 37 heavy (non-hydrogen) atoms. The number of rotatable bonds is 9. The van der Waals surface area contributed by atoms with Crippen LogP contribution in [0.1, 0.15) is 0 Å². The summed E-state index contributed by atoms with van der Waals surface area (Å²) >= 11 is 0. The maximum Gasteiger partial charge on any atom is 0.246 e. The zero-order chi connectivity index (χ0) is 26.6. The van der Waals surface area contributed by atoms with E-state index in [1.54, 1.807) is 33.5 Å². The molecule has 0 N–H and O–H groups in total. The van der Waals surface area contributed by atoms with Gasteiger partial charge in [0, 0.05) is 37.8 Å². The summed E-state index contributed by atoms with van der Waals surface area (Å²) in [6, 6.07) is 12.0. The summed E-state index contributed by atoms with van der Waals surface area (Å²) in [6.45, 7) is 1.54. The highest BCUT2D eigenvalue weighted by Crippen LogP contribution is 2.41. The van der Waals surface area contributed by atoms with Gasteiger partial charge in [0.2, 0.25) is 15.8 Å². The average Bonchev–Trinajstić information content (AvgIpc) is 2.95. The van der Waals surface area contributed by atoms with Gasteiger partial charge in [-0.15, -0.1) is 10.2 Å². The number of hydrogen-bond acceptors (Lipinski definition) is 10. The van der Waals surface area contributed by atoms with Gasteiger partial charge in [-0.1, -0.05) is 0 Å². The van der Waals surface area contributed by atoms with Gasteiger partial charge in [-0.2, -0.15) is 4.31 Å². The summed E-state index contributed by atoms with van der Waals surface area (Å²) in [7, 11) is 3.87. The van der Waals surface area contributed by atoms with E-state index >= 15 is 0 Å². The van der Waals surface area contributed by atoms with Crippen LogP contribution in [0.3, 0.4) is 0 Å². The van der Waals surface area contributed by atoms with Crippen LogP contribution in [0.2, 0.25) is 0 Å². The number of benzene rings is 2. The van der Waals surface area contributed by atoms with E-state index in [-0.39, 0.29) is 10.6 Å². The van der Waals surface area contributed by atoms with Crippen LogP contribution >= 0.6 is 0 Å². The van der Waals surface area contributed by atoms with Crippen molar-refractivity contribution in [1.82, 2.24) is 14.5 Å². The SMILES string of the molecule is COc1ccc(S(=O)(=O)N2CCN(c3ccc(-c4cc(OC)c(OC)c(OC)c4)nn3)CC2)c(OC)c1. The molecule has 11 nitrogen and oxygen atoms in total. The Balaban J connectivity index is 1.48. The fraction of sp³-hybridized carbons (Fsp3) is 0.360. The maximum absolute atomic E-state index is 13.3. The second kappa shape index (κ2) is 11.1. The molecule has 0 bridgehead atoms. The number of hydrogen-bond donors (Lipinski definition) is 0. The first-order valence-corrected chi connectivity index (χ1v) is 12.9. The predicted octanol–water partition coefficient (Wildman–Crippen LogP) is 2.70. The van der Waals surface area contributed by atoms with Crippen LogP contribution in [0.25, 0.3) is 11.3 Å². The molecule has 0 radical (unpaired) electrons. The number of anilines is 1. The lowest BCUT2D eigenvalue weighted by molar-refractivity contribution is 0.324. The van der Waals surface area contributed by atoms with E-state index in [0.29, 0.717) is 60.7 Å². The Hall–Kier alpha value is -3.77. The molecular formula is C25H30N4O7S. The van der Waals surface area contributed by atoms with E-state index in [9.17, 15) is 8.42 Å². The van der Waals surface area contributed by atoms with Crippen molar-refractivity contribution < 1.29 is 32.1 Å². The fourth-order valence-electron chi connectivity index (χ4n) is 4.16. The van der Waals surface area contributed by atoms with Gasteiger partial charge in [0.05, 0.1) is 41.2 Å². The molecule has 198 valence electrons. The summed E-state index contributed by atoms with van der Waals surface area (Å²) in [5, 5.41) is 8.77. The van der Waals surface area contributed by atoms with Crippen molar-refractivity contribution >= 4 is 15.8 Å². The van der Waals surface area contributed by atoms with E-state index in [1.807, 2.05) is 29.2 Å². The minimum Gasteiger partial charge on any atom is -0.497 e. The Morgan fingerprint density at radius 3 is 1.86 bits per heavy atom. The van der Waals surface area contributed by atoms with Gasteiger partial charge >= 0.3 is 0 Å². The lowest BCUT2D eigenvalue weighted by Crippen LogP contribution is -2.49. The summed E-state index contributed by atoms with van der Waals surface area (Å²) in [5.74, 6) is 2.97. The van der Waals surface area contributed by atoms with Crippen LogP contribution in [0.5, 0.6) is 28.7 Å². The van der Waals surface area contributed by atoms with Crippen LogP contribution in [-0.2, 0) is 10.0 Å². The van der Waals surface area contributed by atoms with Gasteiger partial charge in [-0.3, -0.25) is 0 Å². The van der Waals surface area contributed by atoms with E-state index < -0.39 is 10.0 Å². The quantitative estimate of drug-likeness (QED) is 0.409. The summed E-state index contributed by atoms with van der Waals surface area (Å²) < 4.78 is 54.7. The Bertz CT molecular complexity index is 1320. The van der Waals surface area contributed by atoms with Gasteiger partial charge in [-0.05, 0) is 36.4 Å². The highest BCUT2D eigenvalue weighted by molar-refractivity contribution is 7.89. The maximum atomic E-state index is 13.3. The molecule has 3 aromatic rings. The topological polar surface area (TPSA) is 113 Å². The molecule has 0 amide bonds. The molecule has 0 atom stereocenters. The third-order valence-electron chi connectivity index (χ3n) is 6.16. The second-order valence-electron chi connectivity index (χ2n) is 8.10. The minimum atomic E-state index is -3.74. The molecule has 0 aliphatic carbocycles. The normalized spacial score (nSPS) is 14.2. The molecule has 0 unspecified atom stereocenters. The van der Waals surface area contributed by atoms with Crippen LogP contribution in [0, 0.1) is 0 Å². The van der Waals surface area contributed by atoms with E-state index in [1.165, 1.54) is 24.6 Å².